The summed E-state index contributed by atoms with van der Waals surface area (Å²) in [4.78, 5) is 4.07. The minimum Gasteiger partial charge on any atom is -0.379 e. The number of benzene rings is 2. The Labute approximate surface area is 130 Å². The number of nitrogens with one attached hydrogen (secondary N) is 1. The van der Waals surface area contributed by atoms with Crippen LogP contribution < -0.4 is 5.32 Å². The van der Waals surface area contributed by atoms with Crippen molar-refractivity contribution in [2.24, 2.45) is 0 Å². The predicted octanol–water partition coefficient (Wildman–Crippen LogP) is 4.39. The fourth-order valence-electron chi connectivity index (χ4n) is 2.11. The number of rotatable bonds is 4. The first-order chi connectivity index (χ1) is 10.2. The van der Waals surface area contributed by atoms with Gasteiger partial charge in [0.15, 0.2) is 0 Å². The number of nitrogens with zero attached hydrogens (tertiary/aromatic N) is 2. The second kappa shape index (κ2) is 6.10. The molecule has 0 atom stereocenters. The van der Waals surface area contributed by atoms with Crippen molar-refractivity contribution in [2.75, 3.05) is 5.32 Å². The minimum absolute atomic E-state index is 0.246. The molecule has 3 nitrogen and oxygen atoms in total. The van der Waals surface area contributed by atoms with E-state index in [1.165, 1.54) is 12.1 Å². The first kappa shape index (κ1) is 13.8. The number of hydrogen-bond donors (Lipinski definition) is 1. The Morgan fingerprint density at radius 2 is 2.05 bits per heavy atom. The van der Waals surface area contributed by atoms with Gasteiger partial charge >= 0.3 is 0 Å². The topological polar surface area (TPSA) is 29.9 Å². The van der Waals surface area contributed by atoms with Gasteiger partial charge in [-0.1, -0.05) is 34.1 Å². The van der Waals surface area contributed by atoms with Crippen LogP contribution in [0.5, 0.6) is 0 Å². The molecule has 1 N–H and O–H groups in total. The van der Waals surface area contributed by atoms with E-state index in [1.807, 2.05) is 35.0 Å². The smallest absolute Gasteiger partial charge is 0.124 e. The van der Waals surface area contributed by atoms with E-state index in [-0.39, 0.29) is 5.82 Å². The molecule has 0 aliphatic rings. The number of hydrogen-bond acceptors (Lipinski definition) is 2. The fraction of sp³-hybridized carbons (Fsp3) is 0.0625. The van der Waals surface area contributed by atoms with Gasteiger partial charge in [-0.15, -0.1) is 0 Å². The number of para-hydroxylation sites is 2. The highest BCUT2D eigenvalue weighted by Gasteiger charge is 2.05. The molecule has 0 radical (unpaired) electrons. The number of imidazole rings is 1. The quantitative estimate of drug-likeness (QED) is 0.760. The molecule has 106 valence electrons. The maximum absolute atomic E-state index is 13.1. The van der Waals surface area contributed by atoms with Crippen LogP contribution in [0.1, 0.15) is 5.56 Å². The van der Waals surface area contributed by atoms with Crippen LogP contribution in [0.25, 0.3) is 5.69 Å². The molecule has 1 aromatic heterocycles. The standard InChI is InChI=1S/C16H13BrFN3/c17-14-9-13(18)6-5-12(14)10-20-15-3-1-2-4-16(15)21-8-7-19-11-21/h1-9,11,20H,10H2. The van der Waals surface area contributed by atoms with Crippen LogP contribution in [0, 0.1) is 5.82 Å². The Hall–Kier alpha value is -2.14. The molecule has 0 fully saturated rings. The van der Waals surface area contributed by atoms with Crippen LogP contribution in [-0.2, 0) is 6.54 Å². The lowest BCUT2D eigenvalue weighted by Gasteiger charge is -2.13. The molecule has 3 rings (SSSR count). The molecule has 0 saturated carbocycles. The first-order valence-electron chi connectivity index (χ1n) is 6.49. The monoisotopic (exact) mass is 345 g/mol. The zero-order valence-electron chi connectivity index (χ0n) is 11.1. The van der Waals surface area contributed by atoms with Gasteiger partial charge in [-0.2, -0.15) is 0 Å². The summed E-state index contributed by atoms with van der Waals surface area (Å²) < 4.78 is 15.8. The van der Waals surface area contributed by atoms with Gasteiger partial charge in [0.1, 0.15) is 5.82 Å². The van der Waals surface area contributed by atoms with Gasteiger partial charge in [0.25, 0.3) is 0 Å². The molecule has 0 aliphatic carbocycles. The van der Waals surface area contributed by atoms with E-state index in [1.54, 1.807) is 18.6 Å². The van der Waals surface area contributed by atoms with Gasteiger partial charge in [-0.25, -0.2) is 9.37 Å². The van der Waals surface area contributed by atoms with E-state index in [2.05, 4.69) is 26.2 Å². The van der Waals surface area contributed by atoms with Gasteiger partial charge in [-0.05, 0) is 29.8 Å². The van der Waals surface area contributed by atoms with Crippen LogP contribution >= 0.6 is 15.9 Å². The van der Waals surface area contributed by atoms with Crippen molar-refractivity contribution in [1.29, 1.82) is 0 Å². The van der Waals surface area contributed by atoms with Gasteiger partial charge < -0.3 is 9.88 Å². The Morgan fingerprint density at radius 1 is 1.19 bits per heavy atom. The Morgan fingerprint density at radius 3 is 2.81 bits per heavy atom. The van der Waals surface area contributed by atoms with Gasteiger partial charge in [0, 0.05) is 23.4 Å². The zero-order chi connectivity index (χ0) is 14.7. The number of halogens is 2. The molecule has 0 unspecified atom stereocenters. The predicted molar refractivity (Wildman–Crippen MR) is 85.0 cm³/mol. The lowest BCUT2D eigenvalue weighted by atomic mass is 10.2. The third-order valence-corrected chi connectivity index (χ3v) is 3.91. The molecule has 2 aromatic carbocycles. The Bertz CT molecular complexity index is 741. The van der Waals surface area contributed by atoms with Gasteiger partial charge in [0.05, 0.1) is 17.7 Å². The lowest BCUT2D eigenvalue weighted by Crippen LogP contribution is -2.04. The Balaban J connectivity index is 1.83. The highest BCUT2D eigenvalue weighted by atomic mass is 79.9. The van der Waals surface area contributed by atoms with Crippen LogP contribution in [0.2, 0.25) is 0 Å². The molecule has 5 heteroatoms. The van der Waals surface area contributed by atoms with E-state index in [4.69, 9.17) is 0 Å². The molecule has 0 saturated heterocycles. The van der Waals surface area contributed by atoms with Crippen LogP contribution in [0.4, 0.5) is 10.1 Å². The van der Waals surface area contributed by atoms with Crippen LogP contribution in [0.15, 0.2) is 65.7 Å². The number of anilines is 1. The van der Waals surface area contributed by atoms with Crippen molar-refractivity contribution in [3.8, 4) is 5.69 Å². The maximum atomic E-state index is 13.1. The molecular weight excluding hydrogens is 333 g/mol. The average Bonchev–Trinajstić information content (AvgIpc) is 3.01. The van der Waals surface area contributed by atoms with Gasteiger partial charge in [-0.3, -0.25) is 0 Å². The van der Waals surface area contributed by atoms with Crippen molar-refractivity contribution >= 4 is 21.6 Å². The molecule has 0 bridgehead atoms. The normalized spacial score (nSPS) is 10.6. The second-order valence-electron chi connectivity index (χ2n) is 4.58. The average molecular weight is 346 g/mol. The summed E-state index contributed by atoms with van der Waals surface area (Å²) >= 11 is 3.38. The first-order valence-corrected chi connectivity index (χ1v) is 7.28. The van der Waals surface area contributed by atoms with Crippen molar-refractivity contribution in [2.45, 2.75) is 6.54 Å². The molecule has 0 spiro atoms. The van der Waals surface area contributed by atoms with E-state index >= 15 is 0 Å². The van der Waals surface area contributed by atoms with Crippen molar-refractivity contribution in [3.05, 3.63) is 77.0 Å². The SMILES string of the molecule is Fc1ccc(CNc2ccccc2-n2ccnc2)c(Br)c1. The summed E-state index contributed by atoms with van der Waals surface area (Å²) in [6.07, 6.45) is 5.40. The largest absolute Gasteiger partial charge is 0.379 e. The second-order valence-corrected chi connectivity index (χ2v) is 5.43. The summed E-state index contributed by atoms with van der Waals surface area (Å²) in [7, 11) is 0. The molecular formula is C16H13BrFN3. The Kier molecular flexibility index (Phi) is 4.01. The summed E-state index contributed by atoms with van der Waals surface area (Å²) in [5, 5.41) is 3.38. The third-order valence-electron chi connectivity index (χ3n) is 3.17. The molecule has 3 aromatic rings. The third kappa shape index (κ3) is 3.13. The van der Waals surface area contributed by atoms with Crippen molar-refractivity contribution in [3.63, 3.8) is 0 Å². The van der Waals surface area contributed by atoms with E-state index in [0.717, 1.165) is 21.4 Å². The lowest BCUT2D eigenvalue weighted by molar-refractivity contribution is 0.626. The summed E-state index contributed by atoms with van der Waals surface area (Å²) in [6, 6.07) is 12.7. The zero-order valence-corrected chi connectivity index (χ0v) is 12.7. The molecule has 21 heavy (non-hydrogen) atoms. The van der Waals surface area contributed by atoms with Crippen LogP contribution in [-0.4, -0.2) is 9.55 Å². The van der Waals surface area contributed by atoms with E-state index < -0.39 is 0 Å². The summed E-state index contributed by atoms with van der Waals surface area (Å²) in [6.45, 7) is 0.604. The minimum atomic E-state index is -0.246. The molecule has 0 amide bonds. The highest BCUT2D eigenvalue weighted by molar-refractivity contribution is 9.10. The molecule has 1 heterocycles. The van der Waals surface area contributed by atoms with Crippen LogP contribution in [0.3, 0.4) is 0 Å². The van der Waals surface area contributed by atoms with Crippen molar-refractivity contribution < 1.29 is 4.39 Å². The molecule has 0 aliphatic heterocycles. The van der Waals surface area contributed by atoms with E-state index in [0.29, 0.717) is 6.54 Å². The fourth-order valence-corrected chi connectivity index (χ4v) is 2.60. The van der Waals surface area contributed by atoms with Gasteiger partial charge in [0.2, 0.25) is 0 Å². The van der Waals surface area contributed by atoms with E-state index in [9.17, 15) is 4.39 Å². The number of aromatic nitrogens is 2. The van der Waals surface area contributed by atoms with Crippen molar-refractivity contribution in [1.82, 2.24) is 9.55 Å². The summed E-state index contributed by atoms with van der Waals surface area (Å²) in [5.41, 5.74) is 3.01. The highest BCUT2D eigenvalue weighted by Crippen LogP contribution is 2.23. The maximum Gasteiger partial charge on any atom is 0.124 e. The summed E-state index contributed by atoms with van der Waals surface area (Å²) in [5.74, 6) is -0.246.